The van der Waals surface area contributed by atoms with Gasteiger partial charge in [-0.25, -0.2) is 0 Å². The molecule has 1 aliphatic carbocycles. The Hall–Kier alpha value is -1.57. The third-order valence-corrected chi connectivity index (χ3v) is 5.27. The van der Waals surface area contributed by atoms with Gasteiger partial charge in [0.15, 0.2) is 5.16 Å². The lowest BCUT2D eigenvalue weighted by Crippen LogP contribution is -2.29. The molecule has 1 heterocycles. The van der Waals surface area contributed by atoms with Gasteiger partial charge in [-0.1, -0.05) is 44.9 Å². The number of amides is 1. The lowest BCUT2D eigenvalue weighted by Gasteiger charge is -2.25. The maximum atomic E-state index is 12.0. The number of carbonyl (C=O) groups excluding carboxylic acids is 2. The Morgan fingerprint density at radius 3 is 2.65 bits per heavy atom. The number of nitrogens with zero attached hydrogens (tertiary/aromatic N) is 3. The molecular formula is C18H30N4O3S. The van der Waals surface area contributed by atoms with Crippen LogP contribution in [0.3, 0.4) is 0 Å². The van der Waals surface area contributed by atoms with Gasteiger partial charge >= 0.3 is 5.97 Å². The quantitative estimate of drug-likeness (QED) is 0.522. The molecule has 0 spiro atoms. The molecule has 0 radical (unpaired) electrons. The smallest absolute Gasteiger partial charge is 0.313 e. The number of carbonyl (C=O) groups is 2. The highest BCUT2D eigenvalue weighted by Crippen LogP contribution is 2.32. The molecule has 2 rings (SSSR count). The predicted molar refractivity (Wildman–Crippen MR) is 101 cm³/mol. The maximum absolute atomic E-state index is 12.0. The topological polar surface area (TPSA) is 86.1 Å². The molecule has 1 aliphatic rings. The van der Waals surface area contributed by atoms with Gasteiger partial charge in [-0.2, -0.15) is 0 Å². The first kappa shape index (κ1) is 20.7. The van der Waals surface area contributed by atoms with Crippen LogP contribution in [0.1, 0.15) is 64.7 Å². The van der Waals surface area contributed by atoms with E-state index in [1.54, 1.807) is 6.92 Å². The molecule has 1 aromatic rings. The molecule has 0 bridgehead atoms. The molecule has 1 fully saturated rings. The average Bonchev–Trinajstić information content (AvgIpc) is 3.01. The van der Waals surface area contributed by atoms with Crippen LogP contribution >= 0.6 is 11.8 Å². The number of esters is 1. The fourth-order valence-electron chi connectivity index (χ4n) is 3.07. The van der Waals surface area contributed by atoms with E-state index in [4.69, 9.17) is 4.74 Å². The van der Waals surface area contributed by atoms with Gasteiger partial charge in [0.05, 0.1) is 12.4 Å². The minimum absolute atomic E-state index is 0.00571. The molecule has 1 N–H and O–H groups in total. The molecule has 1 aromatic heterocycles. The highest BCUT2D eigenvalue weighted by Gasteiger charge is 2.25. The molecule has 146 valence electrons. The van der Waals surface area contributed by atoms with Crippen LogP contribution in [0.25, 0.3) is 0 Å². The molecule has 1 saturated carbocycles. The van der Waals surface area contributed by atoms with Crippen molar-refractivity contribution in [2.75, 3.05) is 18.9 Å². The van der Waals surface area contributed by atoms with Crippen molar-refractivity contribution < 1.29 is 14.3 Å². The van der Waals surface area contributed by atoms with E-state index in [1.807, 2.05) is 0 Å². The van der Waals surface area contributed by atoms with Crippen molar-refractivity contribution in [1.82, 2.24) is 20.1 Å². The van der Waals surface area contributed by atoms with E-state index in [2.05, 4.69) is 33.9 Å². The lowest BCUT2D eigenvalue weighted by molar-refractivity contribution is -0.142. The molecule has 0 unspecified atom stereocenters. The van der Waals surface area contributed by atoms with Crippen molar-refractivity contribution in [2.24, 2.45) is 5.92 Å². The largest absolute Gasteiger partial charge is 0.466 e. The summed E-state index contributed by atoms with van der Waals surface area (Å²) in [4.78, 5) is 23.9. The fourth-order valence-corrected chi connectivity index (χ4v) is 3.93. The van der Waals surface area contributed by atoms with Crippen LogP contribution in [0.4, 0.5) is 0 Å². The van der Waals surface area contributed by atoms with E-state index in [9.17, 15) is 9.59 Å². The summed E-state index contributed by atoms with van der Waals surface area (Å²) in [6, 6.07) is 0.296. The summed E-state index contributed by atoms with van der Waals surface area (Å²) in [7, 11) is 0. The second-order valence-electron chi connectivity index (χ2n) is 7.03. The number of rotatable bonds is 9. The summed E-state index contributed by atoms with van der Waals surface area (Å²) in [5, 5.41) is 12.1. The summed E-state index contributed by atoms with van der Waals surface area (Å²) in [5.74, 6) is 1.07. The average molecular weight is 383 g/mol. The summed E-state index contributed by atoms with van der Waals surface area (Å²) in [5.41, 5.74) is 0. The van der Waals surface area contributed by atoms with Gasteiger partial charge in [0, 0.05) is 12.6 Å². The number of ether oxygens (including phenoxy) is 1. The van der Waals surface area contributed by atoms with Gasteiger partial charge in [-0.15, -0.1) is 10.2 Å². The van der Waals surface area contributed by atoms with Gasteiger partial charge in [0.25, 0.3) is 0 Å². The summed E-state index contributed by atoms with van der Waals surface area (Å²) in [6.07, 6.45) is 5.81. The molecule has 26 heavy (non-hydrogen) atoms. The number of thioether (sulfide) groups is 1. The van der Waals surface area contributed by atoms with Crippen LogP contribution in [-0.4, -0.2) is 45.5 Å². The zero-order valence-corrected chi connectivity index (χ0v) is 16.8. The van der Waals surface area contributed by atoms with Crippen LogP contribution in [-0.2, 0) is 20.7 Å². The van der Waals surface area contributed by atoms with E-state index < -0.39 is 0 Å². The van der Waals surface area contributed by atoms with Crippen molar-refractivity contribution in [2.45, 2.75) is 70.5 Å². The highest BCUT2D eigenvalue weighted by molar-refractivity contribution is 7.99. The summed E-state index contributed by atoms with van der Waals surface area (Å²) < 4.78 is 7.12. The Kier molecular flexibility index (Phi) is 8.41. The van der Waals surface area contributed by atoms with Crippen molar-refractivity contribution in [3.63, 3.8) is 0 Å². The number of nitrogens with one attached hydrogen (secondary N) is 1. The van der Waals surface area contributed by atoms with Crippen LogP contribution in [0, 0.1) is 5.92 Å². The number of aromatic nitrogens is 3. The molecule has 0 atom stereocenters. The zero-order chi connectivity index (χ0) is 18.9. The summed E-state index contributed by atoms with van der Waals surface area (Å²) >= 11 is 1.39. The van der Waals surface area contributed by atoms with Gasteiger partial charge in [0.2, 0.25) is 5.91 Å². The van der Waals surface area contributed by atoms with Crippen LogP contribution in [0.15, 0.2) is 5.16 Å². The molecular weight excluding hydrogens is 352 g/mol. The summed E-state index contributed by atoms with van der Waals surface area (Å²) in [6.45, 7) is 6.95. The van der Waals surface area contributed by atoms with E-state index in [1.165, 1.54) is 31.0 Å². The molecule has 8 heteroatoms. The van der Waals surface area contributed by atoms with E-state index in [-0.39, 0.29) is 18.3 Å². The Balaban J connectivity index is 2.07. The van der Waals surface area contributed by atoms with E-state index in [0.29, 0.717) is 36.7 Å². The second-order valence-corrected chi connectivity index (χ2v) is 7.97. The molecule has 1 amide bonds. The first-order valence-electron chi connectivity index (χ1n) is 9.50. The fraction of sp³-hybridized carbons (Fsp3) is 0.778. The second kappa shape index (κ2) is 10.5. The Bertz CT molecular complexity index is 597. The predicted octanol–water partition coefficient (Wildman–Crippen LogP) is 2.75. The Labute approximate surface area is 159 Å². The zero-order valence-electron chi connectivity index (χ0n) is 16.0. The number of hydrogen-bond donors (Lipinski definition) is 1. The Morgan fingerprint density at radius 2 is 2.00 bits per heavy atom. The lowest BCUT2D eigenvalue weighted by atomic mass is 9.95. The van der Waals surface area contributed by atoms with Gasteiger partial charge in [-0.3, -0.25) is 9.59 Å². The van der Waals surface area contributed by atoms with Crippen LogP contribution < -0.4 is 5.32 Å². The van der Waals surface area contributed by atoms with Crippen molar-refractivity contribution in [3.05, 3.63) is 5.82 Å². The van der Waals surface area contributed by atoms with E-state index >= 15 is 0 Å². The van der Waals surface area contributed by atoms with Crippen LogP contribution in [0.5, 0.6) is 0 Å². The van der Waals surface area contributed by atoms with Crippen LogP contribution in [0.2, 0.25) is 0 Å². The maximum Gasteiger partial charge on any atom is 0.313 e. The molecule has 0 aromatic carbocycles. The van der Waals surface area contributed by atoms with Crippen molar-refractivity contribution >= 4 is 23.6 Å². The monoisotopic (exact) mass is 382 g/mol. The standard InChI is InChI=1S/C18H30N4O3S/c1-4-25-17(24)10-15-20-21-18(22(15)14-8-6-5-7-9-14)26-12-16(23)19-11-13(2)3/h13-14H,4-12H2,1-3H3,(H,19,23). The molecule has 0 aliphatic heterocycles. The molecule has 7 nitrogen and oxygen atoms in total. The van der Waals surface area contributed by atoms with Crippen molar-refractivity contribution in [1.29, 1.82) is 0 Å². The SMILES string of the molecule is CCOC(=O)Cc1nnc(SCC(=O)NCC(C)C)n1C1CCCCC1. The highest BCUT2D eigenvalue weighted by atomic mass is 32.2. The minimum atomic E-state index is -0.289. The number of hydrogen-bond acceptors (Lipinski definition) is 6. The van der Waals surface area contributed by atoms with Gasteiger partial charge < -0.3 is 14.6 Å². The molecule has 0 saturated heterocycles. The minimum Gasteiger partial charge on any atom is -0.466 e. The third-order valence-electron chi connectivity index (χ3n) is 4.32. The van der Waals surface area contributed by atoms with Gasteiger partial charge in [0.1, 0.15) is 12.2 Å². The normalized spacial score (nSPS) is 15.2. The first-order valence-corrected chi connectivity index (χ1v) is 10.5. The van der Waals surface area contributed by atoms with Crippen molar-refractivity contribution in [3.8, 4) is 0 Å². The van der Waals surface area contributed by atoms with Gasteiger partial charge in [-0.05, 0) is 25.7 Å². The third kappa shape index (κ3) is 6.30. The van der Waals surface area contributed by atoms with E-state index in [0.717, 1.165) is 18.0 Å². The first-order chi connectivity index (χ1) is 12.5. The Morgan fingerprint density at radius 1 is 1.27 bits per heavy atom.